The van der Waals surface area contributed by atoms with Crippen LogP contribution >= 0.6 is 11.6 Å². The monoisotopic (exact) mass is 463 g/mol. The Balaban J connectivity index is 1.84. The number of anilines is 1. The minimum atomic E-state index is -0.720. The summed E-state index contributed by atoms with van der Waals surface area (Å²) < 4.78 is 20.5. The molecule has 32 heavy (non-hydrogen) atoms. The average molecular weight is 464 g/mol. The first-order valence-electron chi connectivity index (χ1n) is 10.3. The third-order valence-corrected chi connectivity index (χ3v) is 6.26. The van der Waals surface area contributed by atoms with Crippen LogP contribution in [0.5, 0.6) is 0 Å². The van der Waals surface area contributed by atoms with Crippen molar-refractivity contribution in [2.45, 2.75) is 52.2 Å². The number of benzene rings is 1. The van der Waals surface area contributed by atoms with Gasteiger partial charge < -0.3 is 19.9 Å². The highest BCUT2D eigenvalue weighted by atomic mass is 35.5. The number of ketones is 1. The van der Waals surface area contributed by atoms with E-state index in [2.05, 4.69) is 10.6 Å². The molecule has 2 heterocycles. The van der Waals surface area contributed by atoms with Gasteiger partial charge in [0.15, 0.2) is 0 Å². The fraction of sp³-hybridized carbons (Fsp3) is 0.435. The van der Waals surface area contributed by atoms with Crippen molar-refractivity contribution in [2.75, 3.05) is 11.9 Å². The maximum atomic E-state index is 13.4. The predicted molar refractivity (Wildman–Crippen MR) is 120 cm³/mol. The van der Waals surface area contributed by atoms with Crippen LogP contribution in [0.3, 0.4) is 0 Å². The van der Waals surface area contributed by atoms with E-state index in [4.69, 9.17) is 16.3 Å². The zero-order valence-electron chi connectivity index (χ0n) is 18.8. The number of halogens is 2. The summed E-state index contributed by atoms with van der Waals surface area (Å²) >= 11 is 5.78. The highest BCUT2D eigenvalue weighted by Crippen LogP contribution is 2.27. The van der Waals surface area contributed by atoms with Crippen LogP contribution in [0.2, 0.25) is 5.02 Å². The molecule has 1 aromatic heterocycles. The molecule has 0 bridgehead atoms. The van der Waals surface area contributed by atoms with E-state index < -0.39 is 29.0 Å². The number of Topliss-reactive ketones (excluding diaryl/α,β-unsaturated/α-hetero) is 1. The number of aromatic nitrogens is 1. The molecule has 2 N–H and O–H groups in total. The topological polar surface area (TPSA) is 89.4 Å². The van der Waals surface area contributed by atoms with Gasteiger partial charge in [-0.25, -0.2) is 4.39 Å². The van der Waals surface area contributed by atoms with Gasteiger partial charge >= 0.3 is 0 Å². The third-order valence-electron chi connectivity index (χ3n) is 5.97. The third kappa shape index (κ3) is 4.71. The number of hydrogen-bond acceptors (Lipinski definition) is 4. The van der Waals surface area contributed by atoms with Crippen LogP contribution in [0.4, 0.5) is 10.1 Å². The average Bonchev–Trinajstić information content (AvgIpc) is 2.92. The van der Waals surface area contributed by atoms with E-state index in [1.165, 1.54) is 12.1 Å². The standard InChI is InChI=1S/C23H27ClFN3O4/c1-12-11-23(4,8-9-32-12)27-22(31)20(29)19-13(2)18(14(3)28(19)5)21(30)26-15-6-7-17(25)16(24)10-15/h6-7,10,12H,8-9,11H2,1-5H3,(H,26,30)(H,27,31). The van der Waals surface area contributed by atoms with Crippen molar-refractivity contribution in [3.8, 4) is 0 Å². The summed E-state index contributed by atoms with van der Waals surface area (Å²) in [5.74, 6) is -2.51. The van der Waals surface area contributed by atoms with E-state index in [0.717, 1.165) is 6.07 Å². The van der Waals surface area contributed by atoms with Crippen LogP contribution in [0.15, 0.2) is 18.2 Å². The van der Waals surface area contributed by atoms with Crippen molar-refractivity contribution in [2.24, 2.45) is 7.05 Å². The van der Waals surface area contributed by atoms with Crippen molar-refractivity contribution in [3.63, 3.8) is 0 Å². The predicted octanol–water partition coefficient (Wildman–Crippen LogP) is 3.94. The van der Waals surface area contributed by atoms with E-state index >= 15 is 0 Å². The zero-order valence-corrected chi connectivity index (χ0v) is 19.5. The summed E-state index contributed by atoms with van der Waals surface area (Å²) in [6.45, 7) is 7.64. The maximum Gasteiger partial charge on any atom is 0.294 e. The first-order chi connectivity index (χ1) is 14.9. The molecule has 2 unspecified atom stereocenters. The number of nitrogens with one attached hydrogen (secondary N) is 2. The van der Waals surface area contributed by atoms with E-state index in [1.54, 1.807) is 25.5 Å². The molecular weight excluding hydrogens is 437 g/mol. The molecule has 0 spiro atoms. The Morgan fingerprint density at radius 1 is 1.28 bits per heavy atom. The Kier molecular flexibility index (Phi) is 6.76. The van der Waals surface area contributed by atoms with Gasteiger partial charge in [0.05, 0.1) is 22.4 Å². The van der Waals surface area contributed by atoms with Crippen LogP contribution in [-0.4, -0.2) is 40.4 Å². The largest absolute Gasteiger partial charge is 0.378 e. The molecule has 1 aliphatic heterocycles. The van der Waals surface area contributed by atoms with Gasteiger partial charge in [-0.1, -0.05) is 11.6 Å². The molecule has 1 aliphatic rings. The number of hydrogen-bond donors (Lipinski definition) is 2. The number of ether oxygens (including phenoxy) is 1. The number of carbonyl (C=O) groups is 3. The summed E-state index contributed by atoms with van der Waals surface area (Å²) in [6, 6.07) is 3.85. The maximum absolute atomic E-state index is 13.4. The molecule has 0 saturated carbocycles. The minimum Gasteiger partial charge on any atom is -0.378 e. The fourth-order valence-electron chi connectivity index (χ4n) is 4.23. The zero-order chi connectivity index (χ0) is 23.8. The van der Waals surface area contributed by atoms with Gasteiger partial charge in [0, 0.05) is 30.6 Å². The minimum absolute atomic E-state index is 0.0153. The summed E-state index contributed by atoms with van der Waals surface area (Å²) in [7, 11) is 1.63. The van der Waals surface area contributed by atoms with Crippen LogP contribution in [0, 0.1) is 19.7 Å². The van der Waals surface area contributed by atoms with Gasteiger partial charge in [0.1, 0.15) is 5.82 Å². The molecular formula is C23H27ClFN3O4. The number of rotatable bonds is 5. The molecule has 2 atom stereocenters. The van der Waals surface area contributed by atoms with Crippen molar-refractivity contribution < 1.29 is 23.5 Å². The van der Waals surface area contributed by atoms with Gasteiger partial charge in [0.25, 0.3) is 17.6 Å². The second-order valence-corrected chi connectivity index (χ2v) is 8.96. The molecule has 0 aliphatic carbocycles. The Morgan fingerprint density at radius 2 is 1.97 bits per heavy atom. The van der Waals surface area contributed by atoms with Crippen LogP contribution in [0.25, 0.3) is 0 Å². The normalized spacial score (nSPS) is 20.7. The first-order valence-corrected chi connectivity index (χ1v) is 10.7. The molecule has 1 saturated heterocycles. The quantitative estimate of drug-likeness (QED) is 0.519. The second kappa shape index (κ2) is 9.03. The number of carbonyl (C=O) groups excluding carboxylic acids is 3. The summed E-state index contributed by atoms with van der Waals surface area (Å²) in [4.78, 5) is 38.8. The Hall–Kier alpha value is -2.71. The van der Waals surface area contributed by atoms with Gasteiger partial charge in [-0.15, -0.1) is 0 Å². The van der Waals surface area contributed by atoms with Crippen molar-refractivity contribution in [3.05, 3.63) is 51.6 Å². The molecule has 0 radical (unpaired) electrons. The van der Waals surface area contributed by atoms with Gasteiger partial charge in [-0.2, -0.15) is 0 Å². The Labute approximate surface area is 191 Å². The molecule has 9 heteroatoms. The molecule has 2 amide bonds. The van der Waals surface area contributed by atoms with Crippen LogP contribution in [-0.2, 0) is 16.6 Å². The van der Waals surface area contributed by atoms with Crippen molar-refractivity contribution in [1.82, 2.24) is 9.88 Å². The number of nitrogens with zero attached hydrogens (tertiary/aromatic N) is 1. The summed E-state index contributed by atoms with van der Waals surface area (Å²) in [5, 5.41) is 5.40. The van der Waals surface area contributed by atoms with Gasteiger partial charge in [-0.3, -0.25) is 14.4 Å². The van der Waals surface area contributed by atoms with Crippen molar-refractivity contribution >= 4 is 34.9 Å². The highest BCUT2D eigenvalue weighted by Gasteiger charge is 2.36. The second-order valence-electron chi connectivity index (χ2n) is 8.56. The summed E-state index contributed by atoms with van der Waals surface area (Å²) in [5.41, 5.74) is 1.11. The molecule has 1 fully saturated rings. The molecule has 172 valence electrons. The van der Waals surface area contributed by atoms with Gasteiger partial charge in [-0.05, 0) is 64.3 Å². The smallest absolute Gasteiger partial charge is 0.294 e. The van der Waals surface area contributed by atoms with E-state index in [9.17, 15) is 18.8 Å². The lowest BCUT2D eigenvalue weighted by molar-refractivity contribution is -0.120. The van der Waals surface area contributed by atoms with Crippen LogP contribution in [0.1, 0.15) is 58.8 Å². The first kappa shape index (κ1) is 23.9. The lowest BCUT2D eigenvalue weighted by Crippen LogP contribution is -2.53. The van der Waals surface area contributed by atoms with Gasteiger partial charge in [0.2, 0.25) is 0 Å². The SMILES string of the molecule is Cc1c(C(=O)Nc2ccc(F)c(Cl)c2)c(C)n(C)c1C(=O)C(=O)NC1(C)CCOC(C)C1. The molecule has 1 aromatic carbocycles. The van der Waals surface area contributed by atoms with Crippen molar-refractivity contribution in [1.29, 1.82) is 0 Å². The Morgan fingerprint density at radius 3 is 2.59 bits per heavy atom. The molecule has 2 aromatic rings. The lowest BCUT2D eigenvalue weighted by Gasteiger charge is -2.37. The fourth-order valence-corrected chi connectivity index (χ4v) is 4.41. The highest BCUT2D eigenvalue weighted by molar-refractivity contribution is 6.43. The van der Waals surface area contributed by atoms with Crippen LogP contribution < -0.4 is 10.6 Å². The van der Waals surface area contributed by atoms with E-state index in [1.807, 2.05) is 13.8 Å². The Bertz CT molecular complexity index is 1100. The molecule has 3 rings (SSSR count). The number of amides is 2. The molecule has 7 nitrogen and oxygen atoms in total. The van der Waals surface area contributed by atoms with E-state index in [-0.39, 0.29) is 22.4 Å². The summed E-state index contributed by atoms with van der Waals surface area (Å²) in [6.07, 6.45) is 1.19. The van der Waals surface area contributed by atoms with E-state index in [0.29, 0.717) is 36.4 Å². The lowest BCUT2D eigenvalue weighted by atomic mass is 9.89.